The fourth-order valence-electron chi connectivity index (χ4n) is 1.39. The van der Waals surface area contributed by atoms with Crippen LogP contribution in [-0.2, 0) is 7.05 Å². The van der Waals surface area contributed by atoms with Gasteiger partial charge in [0.2, 0.25) is 5.95 Å². The van der Waals surface area contributed by atoms with Gasteiger partial charge in [-0.15, -0.1) is 0 Å². The Morgan fingerprint density at radius 3 is 2.50 bits per heavy atom. The predicted octanol–water partition coefficient (Wildman–Crippen LogP) is 0.647. The summed E-state index contributed by atoms with van der Waals surface area (Å²) in [5, 5.41) is 8.26. The molecule has 0 atom stereocenters. The van der Waals surface area contributed by atoms with Crippen LogP contribution >= 0.6 is 0 Å². The van der Waals surface area contributed by atoms with Crippen LogP contribution in [0.5, 0.6) is 0 Å². The van der Waals surface area contributed by atoms with E-state index in [2.05, 4.69) is 20.2 Å². The molecule has 2 heterocycles. The van der Waals surface area contributed by atoms with E-state index in [4.69, 9.17) is 0 Å². The van der Waals surface area contributed by atoms with Gasteiger partial charge in [0.15, 0.2) is 0 Å². The van der Waals surface area contributed by atoms with E-state index >= 15 is 0 Å². The minimum atomic E-state index is 0.699. The van der Waals surface area contributed by atoms with Gasteiger partial charge in [-0.25, -0.2) is 9.97 Å². The molecule has 0 radical (unpaired) electrons. The molecule has 0 fully saturated rings. The lowest BCUT2D eigenvalue weighted by Gasteiger charge is -2.11. The van der Waals surface area contributed by atoms with Crippen molar-refractivity contribution in [3.05, 3.63) is 18.1 Å². The second-order valence-electron chi connectivity index (χ2n) is 3.78. The molecular formula is C10H14N6. The zero-order valence-corrected chi connectivity index (χ0v) is 9.84. The monoisotopic (exact) mass is 218 g/mol. The lowest BCUT2D eigenvalue weighted by Crippen LogP contribution is -2.13. The van der Waals surface area contributed by atoms with E-state index in [1.54, 1.807) is 19.4 Å². The molecule has 84 valence electrons. The van der Waals surface area contributed by atoms with Gasteiger partial charge in [0.1, 0.15) is 5.69 Å². The predicted molar refractivity (Wildman–Crippen MR) is 61.1 cm³/mol. The van der Waals surface area contributed by atoms with Crippen molar-refractivity contribution in [3.8, 4) is 11.3 Å². The summed E-state index contributed by atoms with van der Waals surface area (Å²) in [6.07, 6.45) is 3.49. The third kappa shape index (κ3) is 1.86. The number of rotatable bonds is 2. The van der Waals surface area contributed by atoms with Crippen LogP contribution in [0, 0.1) is 6.92 Å². The minimum absolute atomic E-state index is 0.699. The lowest BCUT2D eigenvalue weighted by atomic mass is 10.2. The van der Waals surface area contributed by atoms with Gasteiger partial charge in [0.25, 0.3) is 0 Å². The molecular weight excluding hydrogens is 204 g/mol. The third-order valence-electron chi connectivity index (χ3n) is 2.24. The van der Waals surface area contributed by atoms with Crippen LogP contribution in [0.2, 0.25) is 0 Å². The van der Waals surface area contributed by atoms with Gasteiger partial charge in [-0.1, -0.05) is 0 Å². The number of aryl methyl sites for hydroxylation is 2. The van der Waals surface area contributed by atoms with Gasteiger partial charge in [0, 0.05) is 32.9 Å². The van der Waals surface area contributed by atoms with E-state index in [-0.39, 0.29) is 0 Å². The molecule has 2 aromatic heterocycles. The maximum Gasteiger partial charge on any atom is 0.225 e. The highest BCUT2D eigenvalue weighted by Crippen LogP contribution is 2.19. The van der Waals surface area contributed by atoms with Crippen molar-refractivity contribution in [3.63, 3.8) is 0 Å². The molecule has 6 nitrogen and oxygen atoms in total. The van der Waals surface area contributed by atoms with Crippen molar-refractivity contribution < 1.29 is 0 Å². The zero-order valence-electron chi connectivity index (χ0n) is 9.84. The van der Waals surface area contributed by atoms with Crippen LogP contribution in [0.1, 0.15) is 5.69 Å². The van der Waals surface area contributed by atoms with Crippen molar-refractivity contribution >= 4 is 5.95 Å². The van der Waals surface area contributed by atoms with Gasteiger partial charge in [-0.3, -0.25) is 0 Å². The number of nitrogens with zero attached hydrogens (tertiary/aromatic N) is 6. The summed E-state index contributed by atoms with van der Waals surface area (Å²) in [7, 11) is 5.61. The van der Waals surface area contributed by atoms with Crippen LogP contribution in [0.25, 0.3) is 11.3 Å². The topological polar surface area (TPSA) is 59.7 Å². The highest BCUT2D eigenvalue weighted by atomic mass is 15.4. The number of anilines is 1. The second-order valence-corrected chi connectivity index (χ2v) is 3.78. The summed E-state index contributed by atoms with van der Waals surface area (Å²) >= 11 is 0. The highest BCUT2D eigenvalue weighted by Gasteiger charge is 2.09. The zero-order chi connectivity index (χ0) is 11.7. The molecule has 0 aliphatic heterocycles. The smallest absolute Gasteiger partial charge is 0.225 e. The first-order valence-electron chi connectivity index (χ1n) is 4.95. The van der Waals surface area contributed by atoms with Gasteiger partial charge < -0.3 is 4.90 Å². The molecule has 0 aliphatic rings. The van der Waals surface area contributed by atoms with Crippen molar-refractivity contribution in [2.45, 2.75) is 6.92 Å². The molecule has 0 unspecified atom stereocenters. The van der Waals surface area contributed by atoms with E-state index < -0.39 is 0 Å². The Hall–Kier alpha value is -1.98. The van der Waals surface area contributed by atoms with Crippen molar-refractivity contribution in [1.82, 2.24) is 25.0 Å². The summed E-state index contributed by atoms with van der Waals surface area (Å²) < 4.78 is 0. The lowest BCUT2D eigenvalue weighted by molar-refractivity contribution is 0.655. The van der Waals surface area contributed by atoms with E-state index in [0.29, 0.717) is 5.95 Å². The average molecular weight is 218 g/mol. The molecule has 0 N–H and O–H groups in total. The van der Waals surface area contributed by atoms with Crippen LogP contribution in [0.3, 0.4) is 0 Å². The standard InChI is InChI=1S/C10H14N6/c1-7-8(9-6-12-16(4)14-9)5-11-10(13-7)15(2)3/h5-6H,1-4H3. The summed E-state index contributed by atoms with van der Waals surface area (Å²) in [6.45, 7) is 1.94. The second kappa shape index (κ2) is 3.88. The molecule has 0 aliphatic carbocycles. The van der Waals surface area contributed by atoms with E-state index in [0.717, 1.165) is 17.0 Å². The Labute approximate surface area is 93.9 Å². The number of hydrogen-bond donors (Lipinski definition) is 0. The van der Waals surface area contributed by atoms with Crippen LogP contribution < -0.4 is 4.90 Å². The van der Waals surface area contributed by atoms with E-state index in [1.165, 1.54) is 4.80 Å². The number of aromatic nitrogens is 5. The summed E-state index contributed by atoms with van der Waals surface area (Å²) in [4.78, 5) is 12.0. The maximum atomic E-state index is 4.40. The molecule has 0 bridgehead atoms. The van der Waals surface area contributed by atoms with Gasteiger partial charge in [-0.2, -0.15) is 15.0 Å². The third-order valence-corrected chi connectivity index (χ3v) is 2.24. The molecule has 0 saturated carbocycles. The molecule has 16 heavy (non-hydrogen) atoms. The fraction of sp³-hybridized carbons (Fsp3) is 0.400. The quantitative estimate of drug-likeness (QED) is 0.740. The first-order valence-corrected chi connectivity index (χ1v) is 4.95. The number of hydrogen-bond acceptors (Lipinski definition) is 5. The molecule has 0 aromatic carbocycles. The van der Waals surface area contributed by atoms with Crippen molar-refractivity contribution in [2.75, 3.05) is 19.0 Å². The molecule has 6 heteroatoms. The largest absolute Gasteiger partial charge is 0.347 e. The SMILES string of the molecule is Cc1nc(N(C)C)ncc1-c1cnn(C)n1. The Kier molecular flexibility index (Phi) is 2.55. The van der Waals surface area contributed by atoms with Crippen molar-refractivity contribution in [2.24, 2.45) is 7.05 Å². The Morgan fingerprint density at radius 2 is 2.00 bits per heavy atom. The van der Waals surface area contributed by atoms with Crippen LogP contribution in [-0.4, -0.2) is 39.1 Å². The summed E-state index contributed by atoms with van der Waals surface area (Å²) in [6, 6.07) is 0. The van der Waals surface area contributed by atoms with E-state index in [9.17, 15) is 0 Å². The maximum absolute atomic E-state index is 4.40. The van der Waals surface area contributed by atoms with Crippen molar-refractivity contribution in [1.29, 1.82) is 0 Å². The summed E-state index contributed by atoms with van der Waals surface area (Å²) in [5.41, 5.74) is 2.61. The van der Waals surface area contributed by atoms with Gasteiger partial charge in [0.05, 0.1) is 11.9 Å². The first kappa shape index (κ1) is 10.5. The fourth-order valence-corrected chi connectivity index (χ4v) is 1.39. The summed E-state index contributed by atoms with van der Waals surface area (Å²) in [5.74, 6) is 0.699. The Morgan fingerprint density at radius 1 is 1.25 bits per heavy atom. The van der Waals surface area contributed by atoms with Crippen LogP contribution in [0.4, 0.5) is 5.95 Å². The van der Waals surface area contributed by atoms with Gasteiger partial charge >= 0.3 is 0 Å². The first-order chi connectivity index (χ1) is 7.58. The van der Waals surface area contributed by atoms with Crippen LogP contribution in [0.15, 0.2) is 12.4 Å². The molecule has 2 aromatic rings. The van der Waals surface area contributed by atoms with Gasteiger partial charge in [-0.05, 0) is 6.92 Å². The molecule has 0 saturated heterocycles. The minimum Gasteiger partial charge on any atom is -0.347 e. The molecule has 0 spiro atoms. The average Bonchev–Trinajstić information content (AvgIpc) is 2.64. The van der Waals surface area contributed by atoms with E-state index in [1.807, 2.05) is 25.9 Å². The molecule has 2 rings (SSSR count). The Bertz CT molecular complexity index is 502. The normalized spacial score (nSPS) is 10.5. The highest BCUT2D eigenvalue weighted by molar-refractivity contribution is 5.60. The molecule has 0 amide bonds. The Balaban J connectivity index is 2.44.